The predicted octanol–water partition coefficient (Wildman–Crippen LogP) is 4.72. The third-order valence-electron chi connectivity index (χ3n) is 9.16. The number of amides is 1. The van der Waals surface area contributed by atoms with Crippen molar-refractivity contribution in [3.63, 3.8) is 0 Å². The fourth-order valence-electron chi connectivity index (χ4n) is 6.77. The molecule has 1 unspecified atom stereocenters. The van der Waals surface area contributed by atoms with E-state index < -0.39 is 31.8 Å². The van der Waals surface area contributed by atoms with Gasteiger partial charge in [0.25, 0.3) is 0 Å². The number of piperidine rings is 2. The van der Waals surface area contributed by atoms with Gasteiger partial charge in [0.05, 0.1) is 11.3 Å². The van der Waals surface area contributed by atoms with Crippen molar-refractivity contribution in [2.24, 2.45) is 5.92 Å². The van der Waals surface area contributed by atoms with Crippen LogP contribution in [0.5, 0.6) is 0 Å². The number of sulfonamides is 1. The molecule has 2 aromatic carbocycles. The molecule has 13 heteroatoms. The Balaban J connectivity index is 1.31. The van der Waals surface area contributed by atoms with Gasteiger partial charge in [0.1, 0.15) is 0 Å². The van der Waals surface area contributed by atoms with E-state index in [0.29, 0.717) is 19.4 Å². The van der Waals surface area contributed by atoms with Crippen LogP contribution in [-0.2, 0) is 31.1 Å². The number of nitrogens with zero attached hydrogens (tertiary/aromatic N) is 3. The molecule has 2 aliphatic heterocycles. The molecule has 8 nitrogen and oxygen atoms in total. The predicted molar refractivity (Wildman–Crippen MR) is 168 cm³/mol. The summed E-state index contributed by atoms with van der Waals surface area (Å²) in [5.41, 5.74) is 1.94. The minimum absolute atomic E-state index is 0.0239. The first-order chi connectivity index (χ1) is 21.2. The van der Waals surface area contributed by atoms with E-state index in [1.165, 1.54) is 12.1 Å². The van der Waals surface area contributed by atoms with Gasteiger partial charge in [-0.1, -0.05) is 42.5 Å². The van der Waals surface area contributed by atoms with Crippen molar-refractivity contribution < 1.29 is 34.8 Å². The highest BCUT2D eigenvalue weighted by Gasteiger charge is 2.40. The van der Waals surface area contributed by atoms with Crippen LogP contribution in [0.2, 0.25) is 0 Å². The SMILES string of the molecule is CCN(C(=O)Cc1ccc(S(C)(=O)=O)cc1)C1CCN(CCC(c2ccccc2)C2CCN(S(=O)(=O)CC(F)(F)F)CC2)CC1. The van der Waals surface area contributed by atoms with E-state index in [1.807, 2.05) is 30.0 Å². The van der Waals surface area contributed by atoms with E-state index in [2.05, 4.69) is 17.0 Å². The molecule has 4 rings (SSSR count). The molecular weight excluding hydrogens is 627 g/mol. The fraction of sp³-hybridized carbons (Fsp3) is 0.594. The van der Waals surface area contributed by atoms with Crippen LogP contribution in [-0.4, -0.2) is 100 Å². The molecule has 0 aliphatic carbocycles. The molecule has 2 fully saturated rings. The minimum Gasteiger partial charge on any atom is -0.340 e. The zero-order valence-corrected chi connectivity index (χ0v) is 27.6. The zero-order chi connectivity index (χ0) is 32.8. The van der Waals surface area contributed by atoms with Crippen molar-refractivity contribution in [2.45, 2.75) is 68.5 Å². The maximum Gasteiger partial charge on any atom is 0.404 e. The number of hydrogen-bond donors (Lipinski definition) is 0. The molecule has 1 atom stereocenters. The minimum atomic E-state index is -4.76. The van der Waals surface area contributed by atoms with Crippen LogP contribution in [0.4, 0.5) is 13.2 Å². The van der Waals surface area contributed by atoms with Crippen LogP contribution >= 0.6 is 0 Å². The summed E-state index contributed by atoms with van der Waals surface area (Å²) in [5.74, 6) is -1.46. The lowest BCUT2D eigenvalue weighted by Gasteiger charge is -2.40. The van der Waals surface area contributed by atoms with Gasteiger partial charge in [-0.3, -0.25) is 4.79 Å². The number of benzene rings is 2. The molecule has 0 spiro atoms. The van der Waals surface area contributed by atoms with Crippen LogP contribution < -0.4 is 0 Å². The first kappa shape index (κ1) is 35.4. The van der Waals surface area contributed by atoms with Crippen molar-refractivity contribution in [3.05, 3.63) is 65.7 Å². The summed E-state index contributed by atoms with van der Waals surface area (Å²) in [4.78, 5) is 17.8. The summed E-state index contributed by atoms with van der Waals surface area (Å²) in [5, 5.41) is 0. The molecule has 0 aromatic heterocycles. The molecule has 250 valence electrons. The Bertz CT molecular complexity index is 1470. The Kier molecular flexibility index (Phi) is 11.8. The quantitative estimate of drug-likeness (QED) is 0.324. The van der Waals surface area contributed by atoms with Crippen LogP contribution in [0, 0.1) is 5.92 Å². The van der Waals surface area contributed by atoms with Crippen LogP contribution in [0.3, 0.4) is 0 Å². The number of likely N-dealkylation sites (N-methyl/N-ethyl adjacent to an activating group) is 1. The Morgan fingerprint density at radius 2 is 1.51 bits per heavy atom. The molecule has 0 saturated carbocycles. The van der Waals surface area contributed by atoms with Gasteiger partial charge in [-0.15, -0.1) is 0 Å². The number of carbonyl (C=O) groups is 1. The highest BCUT2D eigenvalue weighted by Crippen LogP contribution is 2.37. The van der Waals surface area contributed by atoms with Gasteiger partial charge in [0.15, 0.2) is 15.6 Å². The first-order valence-corrected chi connectivity index (χ1v) is 19.1. The molecule has 0 bridgehead atoms. The Morgan fingerprint density at radius 1 is 0.911 bits per heavy atom. The van der Waals surface area contributed by atoms with Crippen molar-refractivity contribution in [3.8, 4) is 0 Å². The number of likely N-dealkylation sites (tertiary alicyclic amines) is 1. The van der Waals surface area contributed by atoms with Gasteiger partial charge < -0.3 is 9.80 Å². The van der Waals surface area contributed by atoms with Gasteiger partial charge in [-0.25, -0.2) is 21.1 Å². The monoisotopic (exact) mass is 671 g/mol. The summed E-state index contributed by atoms with van der Waals surface area (Å²) >= 11 is 0. The number of hydrogen-bond acceptors (Lipinski definition) is 6. The second-order valence-electron chi connectivity index (χ2n) is 12.3. The van der Waals surface area contributed by atoms with Crippen LogP contribution in [0.25, 0.3) is 0 Å². The first-order valence-electron chi connectivity index (χ1n) is 15.6. The number of sulfone groups is 1. The lowest BCUT2D eigenvalue weighted by Crippen LogP contribution is -2.48. The largest absolute Gasteiger partial charge is 0.404 e. The molecule has 2 saturated heterocycles. The normalized spacial score (nSPS) is 19.0. The van der Waals surface area contributed by atoms with E-state index in [1.54, 1.807) is 12.1 Å². The van der Waals surface area contributed by atoms with E-state index in [-0.39, 0.29) is 48.2 Å². The van der Waals surface area contributed by atoms with E-state index in [0.717, 1.165) is 60.6 Å². The van der Waals surface area contributed by atoms with Gasteiger partial charge in [-0.2, -0.15) is 13.2 Å². The molecule has 0 radical (unpaired) electrons. The highest BCUT2D eigenvalue weighted by atomic mass is 32.2. The Hall–Kier alpha value is -2.48. The summed E-state index contributed by atoms with van der Waals surface area (Å²) < 4.78 is 87.6. The summed E-state index contributed by atoms with van der Waals surface area (Å²) in [7, 11) is -7.68. The Morgan fingerprint density at radius 3 is 2.04 bits per heavy atom. The molecule has 45 heavy (non-hydrogen) atoms. The molecule has 2 heterocycles. The molecular formula is C32H44F3N3O5S2. The van der Waals surface area contributed by atoms with Crippen molar-refractivity contribution in [1.82, 2.24) is 14.1 Å². The van der Waals surface area contributed by atoms with Gasteiger partial charge in [0, 0.05) is 45.0 Å². The highest BCUT2D eigenvalue weighted by molar-refractivity contribution is 7.90. The Labute approximate surface area is 265 Å². The van der Waals surface area contributed by atoms with Crippen LogP contribution in [0.1, 0.15) is 56.1 Å². The van der Waals surface area contributed by atoms with Crippen molar-refractivity contribution in [2.75, 3.05) is 51.3 Å². The smallest absolute Gasteiger partial charge is 0.340 e. The number of halogens is 3. The molecule has 2 aliphatic rings. The molecule has 0 N–H and O–H groups in total. The van der Waals surface area contributed by atoms with Gasteiger partial charge >= 0.3 is 6.18 Å². The average Bonchev–Trinajstić information content (AvgIpc) is 2.98. The van der Waals surface area contributed by atoms with E-state index in [9.17, 15) is 34.8 Å². The zero-order valence-electron chi connectivity index (χ0n) is 26.0. The maximum absolute atomic E-state index is 13.2. The molecule has 2 aromatic rings. The number of carbonyl (C=O) groups excluding carboxylic acids is 1. The summed E-state index contributed by atoms with van der Waals surface area (Å²) in [6.45, 7) is 5.28. The third-order valence-corrected chi connectivity index (χ3v) is 12.1. The summed E-state index contributed by atoms with van der Waals surface area (Å²) in [6, 6.07) is 16.6. The maximum atomic E-state index is 13.2. The second kappa shape index (κ2) is 15.0. The number of alkyl halides is 3. The average molecular weight is 672 g/mol. The van der Waals surface area contributed by atoms with E-state index in [4.69, 9.17) is 0 Å². The van der Waals surface area contributed by atoms with Crippen molar-refractivity contribution in [1.29, 1.82) is 0 Å². The summed E-state index contributed by atoms with van der Waals surface area (Å²) in [6.07, 6.45) is 0.194. The van der Waals surface area contributed by atoms with E-state index >= 15 is 0 Å². The standard InChI is InChI=1S/C32H44F3N3O5S2/c1-3-38(31(39)23-25-9-11-29(12-10-25)44(2,40)41)28-15-18-36(19-16-28)20-17-30(26-7-5-4-6-8-26)27-13-21-37(22-14-27)45(42,43)24-32(33,34)35/h4-12,27-28,30H,3,13-24H2,1-2H3. The lowest BCUT2D eigenvalue weighted by molar-refractivity contribution is -0.133. The topological polar surface area (TPSA) is 95.1 Å². The van der Waals surface area contributed by atoms with Gasteiger partial charge in [0.2, 0.25) is 15.9 Å². The lowest BCUT2D eigenvalue weighted by atomic mass is 9.78. The fourth-order valence-corrected chi connectivity index (χ4v) is 8.77. The van der Waals surface area contributed by atoms with Gasteiger partial charge in [-0.05, 0) is 80.7 Å². The number of rotatable bonds is 12. The van der Waals surface area contributed by atoms with Crippen LogP contribution in [0.15, 0.2) is 59.5 Å². The molecule has 1 amide bonds. The second-order valence-corrected chi connectivity index (χ2v) is 16.2. The van der Waals surface area contributed by atoms with Crippen molar-refractivity contribution >= 4 is 25.8 Å². The third kappa shape index (κ3) is 10.0.